The Labute approximate surface area is 95.2 Å². The lowest BCUT2D eigenvalue weighted by atomic mass is 10.4. The van der Waals surface area contributed by atoms with E-state index in [0.29, 0.717) is 11.7 Å². The lowest BCUT2D eigenvalue weighted by Crippen LogP contribution is -2.25. The van der Waals surface area contributed by atoms with Crippen LogP contribution in [0, 0.1) is 6.92 Å². The Morgan fingerprint density at radius 2 is 2.20 bits per heavy atom. The van der Waals surface area contributed by atoms with Crippen molar-refractivity contribution in [1.82, 2.24) is 9.97 Å². The van der Waals surface area contributed by atoms with E-state index in [0.717, 1.165) is 12.4 Å². The standard InChI is InChI=1S/C10H16ClN3O/c1-7(11)6-14(3)9-5-10(15-4)13-8(2)12-9/h5,7H,6H2,1-4H3. The van der Waals surface area contributed by atoms with Crippen molar-refractivity contribution in [2.45, 2.75) is 19.2 Å². The van der Waals surface area contributed by atoms with Gasteiger partial charge >= 0.3 is 0 Å². The van der Waals surface area contributed by atoms with Crippen LogP contribution in [0.5, 0.6) is 5.88 Å². The van der Waals surface area contributed by atoms with E-state index in [9.17, 15) is 0 Å². The second-order valence-corrected chi connectivity index (χ2v) is 4.22. The van der Waals surface area contributed by atoms with Gasteiger partial charge in [-0.3, -0.25) is 0 Å². The maximum atomic E-state index is 5.92. The largest absolute Gasteiger partial charge is 0.481 e. The zero-order valence-electron chi connectivity index (χ0n) is 9.49. The second-order valence-electron chi connectivity index (χ2n) is 3.48. The van der Waals surface area contributed by atoms with Gasteiger partial charge in [0.2, 0.25) is 5.88 Å². The molecule has 0 radical (unpaired) electrons. The molecule has 0 fully saturated rings. The maximum absolute atomic E-state index is 5.92. The van der Waals surface area contributed by atoms with Crippen LogP contribution in [-0.4, -0.2) is 36.0 Å². The van der Waals surface area contributed by atoms with Crippen molar-refractivity contribution in [3.05, 3.63) is 11.9 Å². The molecule has 1 rings (SSSR count). The molecule has 0 amide bonds. The minimum absolute atomic E-state index is 0.0799. The Bertz CT molecular complexity index is 330. The third-order valence-electron chi connectivity index (χ3n) is 1.93. The van der Waals surface area contributed by atoms with Crippen LogP contribution in [0.2, 0.25) is 0 Å². The fraction of sp³-hybridized carbons (Fsp3) is 0.600. The van der Waals surface area contributed by atoms with E-state index in [1.165, 1.54) is 0 Å². The van der Waals surface area contributed by atoms with Crippen LogP contribution in [0.3, 0.4) is 0 Å². The highest BCUT2D eigenvalue weighted by molar-refractivity contribution is 6.20. The Morgan fingerprint density at radius 3 is 2.73 bits per heavy atom. The van der Waals surface area contributed by atoms with E-state index in [2.05, 4.69) is 9.97 Å². The molecule has 0 N–H and O–H groups in total. The summed E-state index contributed by atoms with van der Waals surface area (Å²) in [5.74, 6) is 2.09. The summed E-state index contributed by atoms with van der Waals surface area (Å²) in [6.07, 6.45) is 0. The highest BCUT2D eigenvalue weighted by atomic mass is 35.5. The van der Waals surface area contributed by atoms with Crippen molar-refractivity contribution in [3.63, 3.8) is 0 Å². The molecular formula is C10H16ClN3O. The number of methoxy groups -OCH3 is 1. The number of alkyl halides is 1. The number of hydrogen-bond donors (Lipinski definition) is 0. The van der Waals surface area contributed by atoms with E-state index in [1.807, 2.05) is 25.8 Å². The molecule has 0 bridgehead atoms. The van der Waals surface area contributed by atoms with Gasteiger partial charge < -0.3 is 9.64 Å². The van der Waals surface area contributed by atoms with Gasteiger partial charge in [0, 0.05) is 25.0 Å². The zero-order chi connectivity index (χ0) is 11.4. The summed E-state index contributed by atoms with van der Waals surface area (Å²) in [5, 5.41) is 0.0799. The number of anilines is 1. The smallest absolute Gasteiger partial charge is 0.218 e. The van der Waals surface area contributed by atoms with Crippen LogP contribution in [0.15, 0.2) is 6.07 Å². The number of halogens is 1. The highest BCUT2D eigenvalue weighted by Gasteiger charge is 2.08. The highest BCUT2D eigenvalue weighted by Crippen LogP contribution is 2.16. The van der Waals surface area contributed by atoms with E-state index in [-0.39, 0.29) is 5.38 Å². The van der Waals surface area contributed by atoms with Gasteiger partial charge in [-0.05, 0) is 13.8 Å². The van der Waals surface area contributed by atoms with Crippen LogP contribution in [0.1, 0.15) is 12.7 Å². The number of rotatable bonds is 4. The third kappa shape index (κ3) is 3.55. The van der Waals surface area contributed by atoms with Crippen molar-refractivity contribution in [2.24, 2.45) is 0 Å². The summed E-state index contributed by atoms with van der Waals surface area (Å²) in [7, 11) is 3.54. The van der Waals surface area contributed by atoms with E-state index in [4.69, 9.17) is 16.3 Å². The summed E-state index contributed by atoms with van der Waals surface area (Å²) in [6.45, 7) is 4.52. The molecule has 1 atom stereocenters. The SMILES string of the molecule is COc1cc(N(C)CC(C)Cl)nc(C)n1. The summed E-state index contributed by atoms with van der Waals surface area (Å²) in [4.78, 5) is 10.4. The van der Waals surface area contributed by atoms with Crippen molar-refractivity contribution >= 4 is 17.4 Å². The summed E-state index contributed by atoms with van der Waals surface area (Å²) < 4.78 is 5.08. The summed E-state index contributed by atoms with van der Waals surface area (Å²) >= 11 is 5.92. The second kappa shape index (κ2) is 5.16. The molecule has 1 aromatic heterocycles. The van der Waals surface area contributed by atoms with E-state index in [1.54, 1.807) is 13.2 Å². The number of nitrogens with zero attached hydrogens (tertiary/aromatic N) is 3. The normalized spacial score (nSPS) is 12.3. The minimum atomic E-state index is 0.0799. The number of ether oxygens (including phenoxy) is 1. The topological polar surface area (TPSA) is 38.2 Å². The molecule has 1 heterocycles. The van der Waals surface area contributed by atoms with Crippen LogP contribution in [-0.2, 0) is 0 Å². The summed E-state index contributed by atoms with van der Waals surface area (Å²) in [6, 6.07) is 1.80. The molecule has 0 aliphatic rings. The van der Waals surface area contributed by atoms with Gasteiger partial charge in [-0.1, -0.05) is 0 Å². The molecule has 1 unspecified atom stereocenters. The summed E-state index contributed by atoms with van der Waals surface area (Å²) in [5.41, 5.74) is 0. The molecule has 0 spiro atoms. The lowest BCUT2D eigenvalue weighted by molar-refractivity contribution is 0.395. The molecule has 0 aliphatic carbocycles. The molecule has 5 heteroatoms. The average molecular weight is 230 g/mol. The minimum Gasteiger partial charge on any atom is -0.481 e. The first-order valence-corrected chi connectivity index (χ1v) is 5.21. The van der Waals surface area contributed by atoms with E-state index >= 15 is 0 Å². The fourth-order valence-electron chi connectivity index (χ4n) is 1.30. The molecular weight excluding hydrogens is 214 g/mol. The third-order valence-corrected chi connectivity index (χ3v) is 2.06. The quantitative estimate of drug-likeness (QED) is 0.739. The van der Waals surface area contributed by atoms with Gasteiger partial charge in [0.15, 0.2) is 0 Å². The van der Waals surface area contributed by atoms with Crippen LogP contribution in [0.25, 0.3) is 0 Å². The van der Waals surface area contributed by atoms with Gasteiger partial charge in [0.25, 0.3) is 0 Å². The molecule has 15 heavy (non-hydrogen) atoms. The number of aromatic nitrogens is 2. The predicted molar refractivity (Wildman–Crippen MR) is 61.9 cm³/mol. The first kappa shape index (κ1) is 12.0. The Morgan fingerprint density at radius 1 is 1.53 bits per heavy atom. The number of hydrogen-bond acceptors (Lipinski definition) is 4. The molecule has 0 aliphatic heterocycles. The first-order chi connectivity index (χ1) is 7.02. The van der Waals surface area contributed by atoms with Crippen molar-refractivity contribution in [2.75, 3.05) is 25.6 Å². The van der Waals surface area contributed by atoms with Crippen molar-refractivity contribution < 1.29 is 4.74 Å². The van der Waals surface area contributed by atoms with Gasteiger partial charge in [-0.25, -0.2) is 4.98 Å². The first-order valence-electron chi connectivity index (χ1n) is 4.78. The lowest BCUT2D eigenvalue weighted by Gasteiger charge is -2.19. The molecule has 4 nitrogen and oxygen atoms in total. The Balaban J connectivity index is 2.88. The van der Waals surface area contributed by atoms with Gasteiger partial charge in [0.1, 0.15) is 11.6 Å². The maximum Gasteiger partial charge on any atom is 0.218 e. The monoisotopic (exact) mass is 229 g/mol. The van der Waals surface area contributed by atoms with Gasteiger partial charge in [0.05, 0.1) is 7.11 Å². The average Bonchev–Trinajstić information content (AvgIpc) is 2.15. The van der Waals surface area contributed by atoms with Gasteiger partial charge in [-0.2, -0.15) is 4.98 Å². The van der Waals surface area contributed by atoms with Crippen LogP contribution < -0.4 is 9.64 Å². The molecule has 0 aromatic carbocycles. The van der Waals surface area contributed by atoms with Crippen molar-refractivity contribution in [1.29, 1.82) is 0 Å². The van der Waals surface area contributed by atoms with Crippen molar-refractivity contribution in [3.8, 4) is 5.88 Å². The molecule has 1 aromatic rings. The van der Waals surface area contributed by atoms with Crippen LogP contribution >= 0.6 is 11.6 Å². The Kier molecular flexibility index (Phi) is 4.15. The van der Waals surface area contributed by atoms with Gasteiger partial charge in [-0.15, -0.1) is 11.6 Å². The fourth-order valence-corrected chi connectivity index (χ4v) is 1.50. The zero-order valence-corrected chi connectivity index (χ0v) is 10.2. The molecule has 0 saturated heterocycles. The molecule has 0 saturated carbocycles. The Hall–Kier alpha value is -1.03. The van der Waals surface area contributed by atoms with Crippen LogP contribution in [0.4, 0.5) is 5.82 Å². The van der Waals surface area contributed by atoms with E-state index < -0.39 is 0 Å². The predicted octanol–water partition coefficient (Wildman–Crippen LogP) is 1.86. The number of aryl methyl sites for hydroxylation is 1. The molecule has 84 valence electrons.